The number of hydrogen-bond acceptors (Lipinski definition) is 4. The first kappa shape index (κ1) is 24.1. The first-order valence-corrected chi connectivity index (χ1v) is 11.0. The van der Waals surface area contributed by atoms with Gasteiger partial charge in [0.25, 0.3) is 5.91 Å². The maximum Gasteiger partial charge on any atom is 0.416 e. The summed E-state index contributed by atoms with van der Waals surface area (Å²) in [6.45, 7) is 3.86. The van der Waals surface area contributed by atoms with Gasteiger partial charge in [0.15, 0.2) is 0 Å². The maximum atomic E-state index is 12.9. The lowest BCUT2D eigenvalue weighted by atomic mass is 9.82. The van der Waals surface area contributed by atoms with Crippen LogP contribution in [0.15, 0.2) is 61.2 Å². The molecule has 10 heteroatoms. The zero-order chi connectivity index (χ0) is 25.2. The summed E-state index contributed by atoms with van der Waals surface area (Å²) in [7, 11) is 0. The Labute approximate surface area is 199 Å². The molecule has 0 spiro atoms. The van der Waals surface area contributed by atoms with Crippen molar-refractivity contribution in [3.05, 3.63) is 78.0 Å². The van der Waals surface area contributed by atoms with E-state index in [2.05, 4.69) is 22.3 Å². The molecule has 182 valence electrons. The highest BCUT2D eigenvalue weighted by Crippen LogP contribution is 2.39. The number of alkyl halides is 3. The Morgan fingerprint density at radius 1 is 1.17 bits per heavy atom. The first-order valence-electron chi connectivity index (χ1n) is 11.0. The molecule has 35 heavy (non-hydrogen) atoms. The van der Waals surface area contributed by atoms with Crippen molar-refractivity contribution in [1.82, 2.24) is 15.1 Å². The van der Waals surface area contributed by atoms with E-state index in [1.54, 1.807) is 12.1 Å². The van der Waals surface area contributed by atoms with Crippen LogP contribution in [-0.2, 0) is 6.18 Å². The molecule has 1 aliphatic carbocycles. The van der Waals surface area contributed by atoms with E-state index in [9.17, 15) is 27.9 Å². The van der Waals surface area contributed by atoms with E-state index in [1.165, 1.54) is 28.9 Å². The summed E-state index contributed by atoms with van der Waals surface area (Å²) in [6, 6.07) is 9.72. The van der Waals surface area contributed by atoms with Crippen molar-refractivity contribution in [2.75, 3.05) is 11.9 Å². The van der Waals surface area contributed by atoms with Crippen molar-refractivity contribution in [3.8, 4) is 17.0 Å². The van der Waals surface area contributed by atoms with E-state index in [-0.39, 0.29) is 29.5 Å². The van der Waals surface area contributed by atoms with E-state index in [4.69, 9.17) is 0 Å². The van der Waals surface area contributed by atoms with Crippen LogP contribution in [0, 0.1) is 0 Å². The van der Waals surface area contributed by atoms with E-state index in [0.717, 1.165) is 43.2 Å². The standard InChI is InChI=1S/C25H23F3N4O3/c1-2-11-29-24(35)32-21(15-5-3-6-15)14-20(31-32)19-10-9-18(13-22(19)33)30-23(34)16-7-4-8-17(12-16)25(26,27)28/h2,4,7-10,12-15,33H,1,3,5-6,11H2,(H,29,35)(H,30,34). The molecule has 3 aromatic rings. The molecule has 1 saturated carbocycles. The minimum absolute atomic E-state index is 0.169. The fourth-order valence-electron chi connectivity index (χ4n) is 3.79. The Bertz CT molecular complexity index is 1280. The van der Waals surface area contributed by atoms with Crippen LogP contribution < -0.4 is 10.6 Å². The first-order chi connectivity index (χ1) is 16.7. The van der Waals surface area contributed by atoms with E-state index in [1.807, 2.05) is 0 Å². The smallest absolute Gasteiger partial charge is 0.416 e. The molecule has 7 nitrogen and oxygen atoms in total. The molecule has 0 saturated heterocycles. The number of aromatic nitrogens is 2. The summed E-state index contributed by atoms with van der Waals surface area (Å²) in [5.74, 6) is -0.763. The largest absolute Gasteiger partial charge is 0.507 e. The summed E-state index contributed by atoms with van der Waals surface area (Å²) in [5, 5.41) is 20.2. The van der Waals surface area contributed by atoms with Crippen LogP contribution >= 0.6 is 0 Å². The molecule has 0 radical (unpaired) electrons. The van der Waals surface area contributed by atoms with Crippen molar-refractivity contribution in [1.29, 1.82) is 0 Å². The number of nitrogens with one attached hydrogen (secondary N) is 2. The number of hydrogen-bond donors (Lipinski definition) is 3. The lowest BCUT2D eigenvalue weighted by Crippen LogP contribution is -2.32. The van der Waals surface area contributed by atoms with Gasteiger partial charge in [-0.05, 0) is 49.2 Å². The van der Waals surface area contributed by atoms with Crippen molar-refractivity contribution in [2.45, 2.75) is 31.4 Å². The van der Waals surface area contributed by atoms with Gasteiger partial charge in [-0.25, -0.2) is 4.79 Å². The van der Waals surface area contributed by atoms with Gasteiger partial charge < -0.3 is 15.7 Å². The zero-order valence-corrected chi connectivity index (χ0v) is 18.6. The summed E-state index contributed by atoms with van der Waals surface area (Å²) in [5.41, 5.74) is 0.563. The Morgan fingerprint density at radius 3 is 2.57 bits per heavy atom. The molecule has 4 rings (SSSR count). The number of aromatic hydroxyl groups is 1. The van der Waals surface area contributed by atoms with Crippen LogP contribution in [-0.4, -0.2) is 33.4 Å². The molecule has 3 N–H and O–H groups in total. The summed E-state index contributed by atoms with van der Waals surface area (Å²) < 4.78 is 40.1. The van der Waals surface area contributed by atoms with Gasteiger partial charge in [-0.15, -0.1) is 6.58 Å². The fraction of sp³-hybridized carbons (Fsp3) is 0.240. The second-order valence-electron chi connectivity index (χ2n) is 8.23. The number of halogens is 3. The Hall–Kier alpha value is -4.08. The van der Waals surface area contributed by atoms with Crippen molar-refractivity contribution in [3.63, 3.8) is 0 Å². The van der Waals surface area contributed by atoms with Crippen LogP contribution in [0.2, 0.25) is 0 Å². The Balaban J connectivity index is 1.57. The monoisotopic (exact) mass is 484 g/mol. The molecule has 2 amide bonds. The molecular weight excluding hydrogens is 461 g/mol. The summed E-state index contributed by atoms with van der Waals surface area (Å²) in [6.07, 6.45) is -0.0756. The van der Waals surface area contributed by atoms with Crippen LogP contribution in [0.5, 0.6) is 5.75 Å². The molecule has 1 aliphatic rings. The lowest BCUT2D eigenvalue weighted by Gasteiger charge is -2.25. The number of amides is 2. The maximum absolute atomic E-state index is 12.9. The number of carbonyl (C=O) groups excluding carboxylic acids is 2. The van der Waals surface area contributed by atoms with Crippen molar-refractivity contribution < 1.29 is 27.9 Å². The minimum Gasteiger partial charge on any atom is -0.507 e. The topological polar surface area (TPSA) is 96.3 Å². The number of carbonyl (C=O) groups is 2. The van der Waals surface area contributed by atoms with Gasteiger partial charge in [-0.3, -0.25) is 4.79 Å². The predicted molar refractivity (Wildman–Crippen MR) is 124 cm³/mol. The second kappa shape index (κ2) is 9.65. The van der Waals surface area contributed by atoms with Crippen LogP contribution in [0.3, 0.4) is 0 Å². The third kappa shape index (κ3) is 5.21. The molecule has 0 atom stereocenters. The molecule has 0 unspecified atom stereocenters. The van der Waals surface area contributed by atoms with Gasteiger partial charge in [0, 0.05) is 35.3 Å². The van der Waals surface area contributed by atoms with E-state index in [0.29, 0.717) is 11.3 Å². The average Bonchev–Trinajstić information content (AvgIpc) is 3.20. The lowest BCUT2D eigenvalue weighted by molar-refractivity contribution is -0.137. The summed E-state index contributed by atoms with van der Waals surface area (Å²) >= 11 is 0. The molecule has 1 heterocycles. The van der Waals surface area contributed by atoms with Gasteiger partial charge in [-0.2, -0.15) is 23.0 Å². The Morgan fingerprint density at radius 2 is 1.94 bits per heavy atom. The number of nitrogens with zero attached hydrogens (tertiary/aromatic N) is 2. The average molecular weight is 484 g/mol. The quantitative estimate of drug-likeness (QED) is 0.401. The fourth-order valence-corrected chi connectivity index (χ4v) is 3.79. The van der Waals surface area contributed by atoms with Gasteiger partial charge in [0.05, 0.1) is 17.0 Å². The van der Waals surface area contributed by atoms with Crippen LogP contribution in [0.25, 0.3) is 11.3 Å². The van der Waals surface area contributed by atoms with Crippen LogP contribution in [0.1, 0.15) is 46.8 Å². The van der Waals surface area contributed by atoms with Crippen LogP contribution in [0.4, 0.5) is 23.7 Å². The van der Waals surface area contributed by atoms with Gasteiger partial charge in [-0.1, -0.05) is 18.6 Å². The van der Waals surface area contributed by atoms with E-state index >= 15 is 0 Å². The molecule has 0 bridgehead atoms. The number of benzene rings is 2. The highest BCUT2D eigenvalue weighted by Gasteiger charge is 2.31. The minimum atomic E-state index is -4.57. The second-order valence-corrected chi connectivity index (χ2v) is 8.23. The van der Waals surface area contributed by atoms with Crippen molar-refractivity contribution >= 4 is 17.6 Å². The SMILES string of the molecule is C=CCNC(=O)n1nc(-c2ccc(NC(=O)c3cccc(C(F)(F)F)c3)cc2O)cc1C1CCC1. The highest BCUT2D eigenvalue weighted by molar-refractivity contribution is 6.04. The number of rotatable bonds is 6. The third-order valence-corrected chi connectivity index (χ3v) is 5.83. The normalized spacial score (nSPS) is 13.7. The van der Waals surface area contributed by atoms with E-state index < -0.39 is 23.7 Å². The molecule has 1 aromatic heterocycles. The van der Waals surface area contributed by atoms with Gasteiger partial charge >= 0.3 is 12.2 Å². The molecular formula is C25H23F3N4O3. The number of phenols is 1. The summed E-state index contributed by atoms with van der Waals surface area (Å²) in [4.78, 5) is 25.0. The zero-order valence-electron chi connectivity index (χ0n) is 18.6. The third-order valence-electron chi connectivity index (χ3n) is 5.83. The highest BCUT2D eigenvalue weighted by atomic mass is 19.4. The Kier molecular flexibility index (Phi) is 6.63. The van der Waals surface area contributed by atoms with Crippen molar-refractivity contribution in [2.24, 2.45) is 0 Å². The van der Waals surface area contributed by atoms with Gasteiger partial charge in [0.1, 0.15) is 5.75 Å². The number of anilines is 1. The van der Waals surface area contributed by atoms with Gasteiger partial charge in [0.2, 0.25) is 0 Å². The predicted octanol–water partition coefficient (Wildman–Crippen LogP) is 5.54. The molecule has 1 fully saturated rings. The molecule has 0 aliphatic heterocycles. The molecule has 2 aromatic carbocycles. The number of phenolic OH excluding ortho intramolecular Hbond substituents is 1.